The Morgan fingerprint density at radius 2 is 1.59 bits per heavy atom. The van der Waals surface area contributed by atoms with Gasteiger partial charge in [-0.05, 0) is 42.7 Å². The summed E-state index contributed by atoms with van der Waals surface area (Å²) in [7, 11) is 0. The molecular weight excluding hydrogens is 232 g/mol. The third-order valence-electron chi connectivity index (χ3n) is 2.82. The molecule has 0 bridgehead atoms. The Bertz CT molecular complexity index is 333. The van der Waals surface area contributed by atoms with Gasteiger partial charge in [0, 0.05) is 0 Å². The maximum absolute atomic E-state index is 10.7. The number of unbranched alkanes of at least 4 members (excludes halogenated alkanes) is 4. The van der Waals surface area contributed by atoms with Crippen LogP contribution in [0.4, 0.5) is 0 Å². The van der Waals surface area contributed by atoms with Crippen molar-refractivity contribution in [2.45, 2.75) is 38.5 Å². The number of thiol groups is 1. The van der Waals surface area contributed by atoms with Crippen molar-refractivity contribution in [3.63, 3.8) is 0 Å². The Hall–Kier alpha value is -0.960. The van der Waals surface area contributed by atoms with E-state index in [0.29, 0.717) is 5.56 Å². The minimum atomic E-state index is -0.858. The van der Waals surface area contributed by atoms with Crippen LogP contribution in [0, 0.1) is 0 Å². The highest BCUT2D eigenvalue weighted by molar-refractivity contribution is 7.80. The second kappa shape index (κ2) is 8.18. The normalized spacial score (nSPS) is 10.4. The summed E-state index contributed by atoms with van der Waals surface area (Å²) in [5.74, 6) is 0.125. The monoisotopic (exact) mass is 252 g/mol. The zero-order valence-corrected chi connectivity index (χ0v) is 11.0. The van der Waals surface area contributed by atoms with Crippen molar-refractivity contribution in [3.05, 3.63) is 35.4 Å². The van der Waals surface area contributed by atoms with Crippen LogP contribution in [0.15, 0.2) is 24.3 Å². The summed E-state index contributed by atoms with van der Waals surface area (Å²) in [5.41, 5.74) is 1.59. The van der Waals surface area contributed by atoms with Gasteiger partial charge in [0.1, 0.15) is 0 Å². The summed E-state index contributed by atoms with van der Waals surface area (Å²) in [4.78, 5) is 10.7. The van der Waals surface area contributed by atoms with E-state index in [1.165, 1.54) is 37.7 Å². The molecule has 3 heteroatoms. The lowest BCUT2D eigenvalue weighted by molar-refractivity contribution is 0.0697. The summed E-state index contributed by atoms with van der Waals surface area (Å²) in [6, 6.07) is 7.19. The topological polar surface area (TPSA) is 37.3 Å². The van der Waals surface area contributed by atoms with Gasteiger partial charge in [-0.1, -0.05) is 31.4 Å². The first kappa shape index (κ1) is 14.1. The Morgan fingerprint density at radius 3 is 2.18 bits per heavy atom. The van der Waals surface area contributed by atoms with Gasteiger partial charge in [-0.15, -0.1) is 0 Å². The van der Waals surface area contributed by atoms with Gasteiger partial charge in [-0.25, -0.2) is 4.79 Å². The molecule has 0 fully saturated rings. The van der Waals surface area contributed by atoms with E-state index >= 15 is 0 Å². The van der Waals surface area contributed by atoms with Crippen LogP contribution in [0.25, 0.3) is 0 Å². The zero-order chi connectivity index (χ0) is 12.5. The molecule has 94 valence electrons. The fourth-order valence-corrected chi connectivity index (χ4v) is 2.01. The molecule has 1 N–H and O–H groups in total. The molecule has 0 atom stereocenters. The molecule has 0 aromatic heterocycles. The predicted octanol–water partition coefficient (Wildman–Crippen LogP) is 3.81. The Morgan fingerprint density at radius 1 is 1.00 bits per heavy atom. The molecule has 17 heavy (non-hydrogen) atoms. The number of carboxylic acid groups (broad SMARTS) is 1. The van der Waals surface area contributed by atoms with Crippen LogP contribution >= 0.6 is 12.6 Å². The molecule has 0 aliphatic rings. The van der Waals surface area contributed by atoms with Crippen LogP contribution in [-0.2, 0) is 6.42 Å². The van der Waals surface area contributed by atoms with E-state index in [9.17, 15) is 4.79 Å². The number of hydrogen-bond donors (Lipinski definition) is 2. The third kappa shape index (κ3) is 5.78. The number of aryl methyl sites for hydroxylation is 1. The Balaban J connectivity index is 2.21. The molecule has 0 radical (unpaired) electrons. The highest BCUT2D eigenvalue weighted by Crippen LogP contribution is 2.10. The van der Waals surface area contributed by atoms with E-state index in [0.717, 1.165) is 12.2 Å². The second-order valence-corrected chi connectivity index (χ2v) is 4.69. The van der Waals surface area contributed by atoms with Crippen molar-refractivity contribution in [1.82, 2.24) is 0 Å². The number of carbonyl (C=O) groups is 1. The van der Waals surface area contributed by atoms with Crippen molar-refractivity contribution in [1.29, 1.82) is 0 Å². The van der Waals surface area contributed by atoms with E-state index in [1.807, 2.05) is 12.1 Å². The minimum Gasteiger partial charge on any atom is -0.478 e. The molecule has 1 rings (SSSR count). The van der Waals surface area contributed by atoms with Crippen molar-refractivity contribution >= 4 is 18.6 Å². The molecule has 0 saturated carbocycles. The SMILES string of the molecule is O=C(O)c1ccc(CCCCCCCS)cc1. The molecule has 1 aromatic carbocycles. The molecule has 0 aliphatic carbocycles. The average Bonchev–Trinajstić information content (AvgIpc) is 2.34. The van der Waals surface area contributed by atoms with Crippen LogP contribution in [-0.4, -0.2) is 16.8 Å². The van der Waals surface area contributed by atoms with Crippen molar-refractivity contribution in [2.75, 3.05) is 5.75 Å². The first-order valence-electron chi connectivity index (χ1n) is 6.17. The summed E-state index contributed by atoms with van der Waals surface area (Å²) in [6.45, 7) is 0. The molecule has 1 aromatic rings. The molecular formula is C14H20O2S. The van der Waals surface area contributed by atoms with Crippen LogP contribution in [0.3, 0.4) is 0 Å². The maximum Gasteiger partial charge on any atom is 0.335 e. The average molecular weight is 252 g/mol. The Kier molecular flexibility index (Phi) is 6.78. The van der Waals surface area contributed by atoms with E-state index in [-0.39, 0.29) is 0 Å². The Labute approximate surface area is 108 Å². The quantitative estimate of drug-likeness (QED) is 0.545. The molecule has 0 saturated heterocycles. The van der Waals surface area contributed by atoms with Gasteiger partial charge in [0.25, 0.3) is 0 Å². The number of aromatic carboxylic acids is 1. The van der Waals surface area contributed by atoms with Crippen molar-refractivity contribution in [3.8, 4) is 0 Å². The van der Waals surface area contributed by atoms with E-state index in [4.69, 9.17) is 5.11 Å². The fourth-order valence-electron chi connectivity index (χ4n) is 1.79. The summed E-state index contributed by atoms with van der Waals surface area (Å²) in [6.07, 6.45) is 7.21. The van der Waals surface area contributed by atoms with Gasteiger partial charge in [0.05, 0.1) is 5.56 Å². The van der Waals surface area contributed by atoms with Crippen LogP contribution in [0.5, 0.6) is 0 Å². The van der Waals surface area contributed by atoms with E-state index in [2.05, 4.69) is 12.6 Å². The predicted molar refractivity (Wildman–Crippen MR) is 74.0 cm³/mol. The van der Waals surface area contributed by atoms with Crippen molar-refractivity contribution < 1.29 is 9.90 Å². The lowest BCUT2D eigenvalue weighted by atomic mass is 10.0. The van der Waals surface area contributed by atoms with Crippen LogP contribution in [0.1, 0.15) is 48.0 Å². The lowest BCUT2D eigenvalue weighted by Crippen LogP contribution is -1.96. The second-order valence-electron chi connectivity index (χ2n) is 4.24. The van der Waals surface area contributed by atoms with E-state index < -0.39 is 5.97 Å². The summed E-state index contributed by atoms with van der Waals surface area (Å²) >= 11 is 4.18. The number of carboxylic acids is 1. The molecule has 0 aliphatic heterocycles. The van der Waals surface area contributed by atoms with Gasteiger partial charge in [0.15, 0.2) is 0 Å². The summed E-state index contributed by atoms with van der Waals surface area (Å²) < 4.78 is 0. The van der Waals surface area contributed by atoms with Gasteiger partial charge in [0.2, 0.25) is 0 Å². The molecule has 2 nitrogen and oxygen atoms in total. The first-order valence-corrected chi connectivity index (χ1v) is 6.80. The number of benzene rings is 1. The van der Waals surface area contributed by atoms with E-state index in [1.54, 1.807) is 12.1 Å². The fraction of sp³-hybridized carbons (Fsp3) is 0.500. The van der Waals surface area contributed by atoms with Crippen LogP contribution < -0.4 is 0 Å². The highest BCUT2D eigenvalue weighted by Gasteiger charge is 2.01. The molecule has 0 amide bonds. The zero-order valence-electron chi connectivity index (χ0n) is 10.1. The van der Waals surface area contributed by atoms with Gasteiger partial charge in [-0.2, -0.15) is 12.6 Å². The van der Waals surface area contributed by atoms with Crippen LogP contribution in [0.2, 0.25) is 0 Å². The maximum atomic E-state index is 10.7. The minimum absolute atomic E-state index is 0.363. The standard InChI is InChI=1S/C14H20O2S/c15-14(16)13-9-7-12(8-10-13)6-4-2-1-3-5-11-17/h7-10,17H,1-6,11H2,(H,15,16). The molecule has 0 unspecified atom stereocenters. The molecule has 0 heterocycles. The lowest BCUT2D eigenvalue weighted by Gasteiger charge is -2.02. The smallest absolute Gasteiger partial charge is 0.335 e. The third-order valence-corrected chi connectivity index (χ3v) is 3.14. The molecule has 0 spiro atoms. The first-order chi connectivity index (χ1) is 8.24. The number of hydrogen-bond acceptors (Lipinski definition) is 2. The highest BCUT2D eigenvalue weighted by atomic mass is 32.1. The van der Waals surface area contributed by atoms with Gasteiger partial charge in [-0.3, -0.25) is 0 Å². The largest absolute Gasteiger partial charge is 0.478 e. The van der Waals surface area contributed by atoms with Gasteiger partial charge < -0.3 is 5.11 Å². The summed E-state index contributed by atoms with van der Waals surface area (Å²) in [5, 5.41) is 8.77. The number of rotatable bonds is 8. The van der Waals surface area contributed by atoms with Gasteiger partial charge >= 0.3 is 5.97 Å². The van der Waals surface area contributed by atoms with Crippen molar-refractivity contribution in [2.24, 2.45) is 0 Å².